The maximum absolute atomic E-state index is 11.6. The molecule has 0 fully saturated rings. The van der Waals surface area contributed by atoms with E-state index in [-0.39, 0.29) is 4.75 Å². The van der Waals surface area contributed by atoms with E-state index in [1.165, 1.54) is 0 Å². The fraction of sp³-hybridized carbons (Fsp3) is 0.455. The van der Waals surface area contributed by atoms with Gasteiger partial charge < -0.3 is 0 Å². The minimum Gasteiger partial charge on any atom is -0.264 e. The molecule has 4 heteroatoms. The van der Waals surface area contributed by atoms with Gasteiger partial charge in [0.1, 0.15) is 11.0 Å². The Balaban J connectivity index is 2.84. The quantitative estimate of drug-likeness (QED) is 0.723. The van der Waals surface area contributed by atoms with Crippen molar-refractivity contribution in [3.63, 3.8) is 0 Å². The Morgan fingerprint density at radius 1 is 1.47 bits per heavy atom. The third kappa shape index (κ3) is 3.55. The first-order valence-corrected chi connectivity index (χ1v) is 5.88. The van der Waals surface area contributed by atoms with Crippen LogP contribution in [0.3, 0.4) is 0 Å². The maximum Gasteiger partial charge on any atom is 0.144 e. The lowest BCUT2D eigenvalue weighted by molar-refractivity contribution is 0.651. The van der Waals surface area contributed by atoms with Gasteiger partial charge in [0.2, 0.25) is 0 Å². The molecule has 1 aromatic heterocycles. The van der Waals surface area contributed by atoms with Crippen molar-refractivity contribution >= 4 is 17.2 Å². The Morgan fingerprint density at radius 2 is 2.13 bits per heavy atom. The van der Waals surface area contributed by atoms with Gasteiger partial charge in [0.15, 0.2) is 0 Å². The summed E-state index contributed by atoms with van der Waals surface area (Å²) in [7, 11) is -1.20. The largest absolute Gasteiger partial charge is 0.264 e. The van der Waals surface area contributed by atoms with E-state index in [9.17, 15) is 4.21 Å². The van der Waals surface area contributed by atoms with Crippen LogP contribution >= 0.6 is 0 Å². The molecule has 0 radical (unpaired) electrons. The van der Waals surface area contributed by atoms with Crippen molar-refractivity contribution in [1.82, 2.24) is 4.98 Å². The molecule has 0 aliphatic heterocycles. The van der Waals surface area contributed by atoms with Crippen LogP contribution in [0.2, 0.25) is 0 Å². The summed E-state index contributed by atoms with van der Waals surface area (Å²) in [4.78, 5) is 3.98. The van der Waals surface area contributed by atoms with Gasteiger partial charge in [0.05, 0.1) is 4.75 Å². The third-order valence-corrected chi connectivity index (χ3v) is 3.22. The highest BCUT2D eigenvalue weighted by Crippen LogP contribution is 2.12. The Hall–Kier alpha value is -1.03. The van der Waals surface area contributed by atoms with Gasteiger partial charge >= 0.3 is 0 Å². The van der Waals surface area contributed by atoms with Crippen LogP contribution in [-0.2, 0) is 11.0 Å². The molecule has 1 unspecified atom stereocenters. The van der Waals surface area contributed by atoms with Crippen LogP contribution < -0.4 is 0 Å². The van der Waals surface area contributed by atoms with Gasteiger partial charge in [-0.25, -0.2) is 4.21 Å². The first-order valence-electron chi connectivity index (χ1n) is 4.78. The zero-order chi connectivity index (χ0) is 11.5. The van der Waals surface area contributed by atoms with Crippen molar-refractivity contribution in [2.45, 2.75) is 32.4 Å². The average molecular weight is 224 g/mol. The second-order valence-electron chi connectivity index (χ2n) is 4.33. The van der Waals surface area contributed by atoms with Crippen molar-refractivity contribution < 1.29 is 4.21 Å². The van der Waals surface area contributed by atoms with E-state index in [1.54, 1.807) is 18.6 Å². The van der Waals surface area contributed by atoms with E-state index in [1.807, 2.05) is 33.8 Å². The number of nitrogens with zero attached hydrogens (tertiary/aromatic N) is 2. The molecule has 0 aromatic carbocycles. The van der Waals surface area contributed by atoms with Crippen LogP contribution in [0.25, 0.3) is 0 Å². The molecule has 0 N–H and O–H groups in total. The van der Waals surface area contributed by atoms with E-state index in [0.717, 1.165) is 11.1 Å². The van der Waals surface area contributed by atoms with Crippen molar-refractivity contribution in [3.05, 3.63) is 29.6 Å². The van der Waals surface area contributed by atoms with Gasteiger partial charge in [-0.3, -0.25) is 4.98 Å². The summed E-state index contributed by atoms with van der Waals surface area (Å²) in [5.41, 5.74) is 2.00. The van der Waals surface area contributed by atoms with Gasteiger partial charge in [0, 0.05) is 18.6 Å². The van der Waals surface area contributed by atoms with E-state index in [0.29, 0.717) is 0 Å². The van der Waals surface area contributed by atoms with E-state index >= 15 is 0 Å². The molecule has 0 amide bonds. The summed E-state index contributed by atoms with van der Waals surface area (Å²) in [6, 6.07) is 1.86. The first-order chi connectivity index (χ1) is 6.91. The summed E-state index contributed by atoms with van der Waals surface area (Å²) in [5.74, 6) is 0. The monoisotopic (exact) mass is 224 g/mol. The molecule has 0 saturated heterocycles. The highest BCUT2D eigenvalue weighted by Gasteiger charge is 2.18. The second-order valence-corrected chi connectivity index (χ2v) is 6.26. The Labute approximate surface area is 93.2 Å². The molecule has 0 spiro atoms. The lowest BCUT2D eigenvalue weighted by Gasteiger charge is -2.12. The van der Waals surface area contributed by atoms with Gasteiger partial charge in [-0.2, -0.15) is 4.40 Å². The Bertz CT molecular complexity index is 394. The summed E-state index contributed by atoms with van der Waals surface area (Å²) >= 11 is 0. The minimum atomic E-state index is -1.20. The number of hydrogen-bond donors (Lipinski definition) is 0. The van der Waals surface area contributed by atoms with E-state index < -0.39 is 11.0 Å². The molecule has 0 bridgehead atoms. The predicted octanol–water partition coefficient (Wildman–Crippen LogP) is 2.27. The average Bonchev–Trinajstić information content (AvgIpc) is 2.14. The lowest BCUT2D eigenvalue weighted by atomic mass is 10.2. The summed E-state index contributed by atoms with van der Waals surface area (Å²) in [6.45, 7) is 7.66. The summed E-state index contributed by atoms with van der Waals surface area (Å²) in [5, 5.41) is 0. The van der Waals surface area contributed by atoms with Gasteiger partial charge in [-0.1, -0.05) is 0 Å². The molecule has 0 aliphatic rings. The molecule has 1 aromatic rings. The van der Waals surface area contributed by atoms with Gasteiger partial charge in [-0.15, -0.1) is 0 Å². The van der Waals surface area contributed by atoms with Crippen molar-refractivity contribution in [2.75, 3.05) is 0 Å². The van der Waals surface area contributed by atoms with Crippen LogP contribution in [-0.4, -0.2) is 20.2 Å². The fourth-order valence-electron chi connectivity index (χ4n) is 0.892. The predicted molar refractivity (Wildman–Crippen MR) is 64.5 cm³/mol. The zero-order valence-corrected chi connectivity index (χ0v) is 10.3. The highest BCUT2D eigenvalue weighted by molar-refractivity contribution is 7.85. The van der Waals surface area contributed by atoms with Crippen molar-refractivity contribution in [1.29, 1.82) is 0 Å². The number of aryl methyl sites for hydroxylation is 1. The molecule has 0 aliphatic carbocycles. The molecule has 1 rings (SSSR count). The van der Waals surface area contributed by atoms with Crippen LogP contribution in [0.5, 0.6) is 0 Å². The van der Waals surface area contributed by atoms with Crippen molar-refractivity contribution in [3.8, 4) is 0 Å². The molecule has 82 valence electrons. The zero-order valence-electron chi connectivity index (χ0n) is 9.52. The molecule has 15 heavy (non-hydrogen) atoms. The molecular weight excluding hydrogens is 208 g/mol. The molecule has 3 nitrogen and oxygen atoms in total. The van der Waals surface area contributed by atoms with Crippen LogP contribution in [0, 0.1) is 6.92 Å². The topological polar surface area (TPSA) is 42.3 Å². The number of aromatic nitrogens is 1. The normalized spacial score (nSPS) is 14.4. The second kappa shape index (κ2) is 4.66. The molecule has 0 saturated carbocycles. The fourth-order valence-corrected chi connectivity index (χ4v) is 1.42. The molecular formula is C11H16N2OS. The number of pyridine rings is 1. The van der Waals surface area contributed by atoms with Gasteiger partial charge in [-0.05, 0) is 44.9 Å². The Kier molecular flexibility index (Phi) is 3.74. The highest BCUT2D eigenvalue weighted by atomic mass is 32.2. The standard InChI is InChI=1S/C11H16N2OS/c1-9-7-12-6-5-10(9)8-13-15(14)11(2,3)4/h5-8H,1-4H3. The minimum absolute atomic E-state index is 0.308. The molecule has 1 heterocycles. The van der Waals surface area contributed by atoms with E-state index in [4.69, 9.17) is 0 Å². The lowest BCUT2D eigenvalue weighted by Crippen LogP contribution is -2.19. The summed E-state index contributed by atoms with van der Waals surface area (Å²) in [6.07, 6.45) is 5.12. The SMILES string of the molecule is Cc1cnccc1C=NS(=O)C(C)(C)C. The number of hydrogen-bond acceptors (Lipinski definition) is 2. The van der Waals surface area contributed by atoms with Gasteiger partial charge in [0.25, 0.3) is 0 Å². The van der Waals surface area contributed by atoms with Crippen LogP contribution in [0.1, 0.15) is 31.9 Å². The first kappa shape index (κ1) is 12.0. The smallest absolute Gasteiger partial charge is 0.144 e. The maximum atomic E-state index is 11.6. The molecule has 1 atom stereocenters. The Morgan fingerprint density at radius 3 is 2.67 bits per heavy atom. The third-order valence-electron chi connectivity index (χ3n) is 1.88. The van der Waals surface area contributed by atoms with Crippen LogP contribution in [0.4, 0.5) is 0 Å². The summed E-state index contributed by atoms with van der Waals surface area (Å²) < 4.78 is 15.4. The van der Waals surface area contributed by atoms with Crippen LogP contribution in [0.15, 0.2) is 22.9 Å². The number of rotatable bonds is 2. The van der Waals surface area contributed by atoms with Crippen molar-refractivity contribution in [2.24, 2.45) is 4.40 Å². The van der Waals surface area contributed by atoms with E-state index in [2.05, 4.69) is 9.38 Å².